The number of ether oxygens (including phenoxy) is 2. The second-order valence-corrected chi connectivity index (χ2v) is 12.8. The van der Waals surface area contributed by atoms with Gasteiger partial charge < -0.3 is 25.4 Å². The molecule has 4 aliphatic rings. The van der Waals surface area contributed by atoms with E-state index in [-0.39, 0.29) is 6.04 Å². The largest absolute Gasteiger partial charge is 0.381 e. The highest BCUT2D eigenvalue weighted by atomic mass is 16.5. The second-order valence-electron chi connectivity index (χ2n) is 12.8. The van der Waals surface area contributed by atoms with E-state index in [0.717, 1.165) is 103 Å². The van der Waals surface area contributed by atoms with Crippen LogP contribution in [-0.4, -0.2) is 68.9 Å². The van der Waals surface area contributed by atoms with Gasteiger partial charge >= 0.3 is 0 Å². The molecule has 3 heterocycles. The number of primary amides is 1. The minimum Gasteiger partial charge on any atom is -0.381 e. The van der Waals surface area contributed by atoms with Gasteiger partial charge in [-0.1, -0.05) is 18.2 Å². The fourth-order valence-electron chi connectivity index (χ4n) is 7.94. The zero-order valence-corrected chi connectivity index (χ0v) is 27.1. The van der Waals surface area contributed by atoms with E-state index in [0.29, 0.717) is 36.9 Å². The molecule has 6 rings (SSSR count). The van der Waals surface area contributed by atoms with Crippen LogP contribution in [0.15, 0.2) is 52.9 Å². The normalized spacial score (nSPS) is 20.8. The van der Waals surface area contributed by atoms with Crippen LogP contribution in [0, 0.1) is 6.92 Å². The predicted octanol–water partition coefficient (Wildman–Crippen LogP) is 5.17. The topological polar surface area (TPSA) is 97.1 Å². The number of hydrogen-bond donors (Lipinski definition) is 2. The molecule has 1 unspecified atom stereocenters. The molecule has 2 fully saturated rings. The van der Waals surface area contributed by atoms with Crippen molar-refractivity contribution >= 4 is 17.5 Å². The highest BCUT2D eigenvalue weighted by Crippen LogP contribution is 2.44. The summed E-state index contributed by atoms with van der Waals surface area (Å²) in [6.07, 6.45) is 6.54. The van der Waals surface area contributed by atoms with E-state index < -0.39 is 5.91 Å². The Morgan fingerprint density at radius 3 is 2.49 bits per heavy atom. The molecule has 2 aromatic carbocycles. The molecule has 0 radical (unpaired) electrons. The Morgan fingerprint density at radius 2 is 1.80 bits per heavy atom. The number of benzene rings is 2. The standard InChI is InChI=1S/C37H46N4O4/c1-5-41(28-10-14-44-15-11-28)36-25(4)31(37(38)43)21-32(33(36)20-30-23(2)18-24(3)39-34(30)22-42)27-6-8-29-26(19-27)7-9-35(29)40-12-16-45-17-13-40/h6,8,18-19,21,28,35,39H,5,7,9-17,20H2,1-4H3,(H2,38,43). The molecule has 8 nitrogen and oxygen atoms in total. The Bertz CT molecular complexity index is 1590. The molecule has 1 aliphatic carbocycles. The first-order chi connectivity index (χ1) is 21.8. The Labute approximate surface area is 266 Å². The third-order valence-electron chi connectivity index (χ3n) is 10.2. The molecular weight excluding hydrogens is 564 g/mol. The fraction of sp³-hybridized carbons (Fsp3) is 0.486. The number of hydrogen-bond acceptors (Lipinski definition) is 7. The van der Waals surface area contributed by atoms with Crippen LogP contribution in [0.3, 0.4) is 0 Å². The predicted molar refractivity (Wildman–Crippen MR) is 178 cm³/mol. The molecule has 0 aromatic heterocycles. The van der Waals surface area contributed by atoms with Crippen LogP contribution in [0.2, 0.25) is 0 Å². The lowest BCUT2D eigenvalue weighted by Gasteiger charge is -2.39. The highest BCUT2D eigenvalue weighted by molar-refractivity contribution is 5.99. The number of nitrogens with two attached hydrogens (primary N) is 1. The Morgan fingerprint density at radius 1 is 1.07 bits per heavy atom. The van der Waals surface area contributed by atoms with Crippen LogP contribution >= 0.6 is 0 Å². The summed E-state index contributed by atoms with van der Waals surface area (Å²) in [5.41, 5.74) is 17.8. The smallest absolute Gasteiger partial charge is 0.249 e. The van der Waals surface area contributed by atoms with Gasteiger partial charge in [0.1, 0.15) is 5.70 Å². The highest BCUT2D eigenvalue weighted by Gasteiger charge is 2.32. The van der Waals surface area contributed by atoms with Gasteiger partial charge in [-0.3, -0.25) is 9.69 Å². The number of allylic oxidation sites excluding steroid dienone is 4. The Balaban J connectivity index is 1.54. The molecule has 2 saturated heterocycles. The van der Waals surface area contributed by atoms with Crippen molar-refractivity contribution in [3.63, 3.8) is 0 Å². The molecule has 8 heteroatoms. The SMILES string of the molecule is CCN(c1c(C)c(C(N)=O)cc(-c2ccc3c(c2)CCC3N2CCOCC2)c1CC1=C(C)C=C(C)NC1=C=O)C1CCOCC1. The van der Waals surface area contributed by atoms with Crippen molar-refractivity contribution in [1.29, 1.82) is 0 Å². The molecular formula is C37H46N4O4. The van der Waals surface area contributed by atoms with Gasteiger partial charge in [-0.05, 0) is 110 Å². The Kier molecular flexibility index (Phi) is 9.29. The van der Waals surface area contributed by atoms with Gasteiger partial charge in [0.15, 0.2) is 5.94 Å². The molecule has 2 aromatic rings. The number of nitrogens with zero attached hydrogens (tertiary/aromatic N) is 2. The van der Waals surface area contributed by atoms with Crippen LogP contribution in [0.4, 0.5) is 5.69 Å². The average molecular weight is 611 g/mol. The number of nitrogens with one attached hydrogen (secondary N) is 1. The summed E-state index contributed by atoms with van der Waals surface area (Å²) in [5, 5.41) is 3.24. The number of carbonyl (C=O) groups is 1. The summed E-state index contributed by atoms with van der Waals surface area (Å²) in [5.74, 6) is 1.74. The summed E-state index contributed by atoms with van der Waals surface area (Å²) in [6, 6.07) is 9.50. The number of anilines is 1. The van der Waals surface area contributed by atoms with Crippen LogP contribution in [0.1, 0.15) is 78.7 Å². The average Bonchev–Trinajstić information content (AvgIpc) is 3.48. The molecule has 1 atom stereocenters. The number of morpholine rings is 1. The van der Waals surface area contributed by atoms with E-state index >= 15 is 0 Å². The Hall–Kier alpha value is -3.68. The van der Waals surface area contributed by atoms with Crippen LogP contribution in [0.5, 0.6) is 0 Å². The molecule has 238 valence electrons. The number of fused-ring (bicyclic) bond motifs is 1. The molecule has 3 N–H and O–H groups in total. The van der Waals surface area contributed by atoms with E-state index in [1.54, 1.807) is 0 Å². The van der Waals surface area contributed by atoms with Gasteiger partial charge in [-0.15, -0.1) is 0 Å². The quantitative estimate of drug-likeness (QED) is 0.398. The zero-order chi connectivity index (χ0) is 31.7. The van der Waals surface area contributed by atoms with Crippen LogP contribution < -0.4 is 16.0 Å². The summed E-state index contributed by atoms with van der Waals surface area (Å²) in [4.78, 5) is 30.3. The van der Waals surface area contributed by atoms with Gasteiger partial charge in [0.25, 0.3) is 0 Å². The van der Waals surface area contributed by atoms with Crippen LogP contribution in [0.25, 0.3) is 11.1 Å². The zero-order valence-electron chi connectivity index (χ0n) is 27.1. The lowest BCUT2D eigenvalue weighted by Crippen LogP contribution is -2.41. The van der Waals surface area contributed by atoms with Crippen LogP contribution in [-0.2, 0) is 27.1 Å². The maximum Gasteiger partial charge on any atom is 0.249 e. The summed E-state index contributed by atoms with van der Waals surface area (Å²) in [7, 11) is 0. The molecule has 45 heavy (non-hydrogen) atoms. The van der Waals surface area contributed by atoms with Crippen molar-refractivity contribution in [3.8, 4) is 11.1 Å². The second kappa shape index (κ2) is 13.4. The van der Waals surface area contributed by atoms with Gasteiger partial charge in [0, 0.05) is 68.3 Å². The number of carbonyl (C=O) groups excluding carboxylic acids is 2. The number of aryl methyl sites for hydroxylation is 1. The maximum atomic E-state index is 13.0. The molecule has 0 bridgehead atoms. The van der Waals surface area contributed by atoms with Gasteiger partial charge in [0.2, 0.25) is 5.91 Å². The van der Waals surface area contributed by atoms with Gasteiger partial charge in [0.05, 0.1) is 13.2 Å². The molecule has 0 spiro atoms. The maximum absolute atomic E-state index is 13.0. The van der Waals surface area contributed by atoms with Crippen molar-refractivity contribution in [3.05, 3.63) is 80.7 Å². The first-order valence-electron chi connectivity index (χ1n) is 16.5. The third-order valence-corrected chi connectivity index (χ3v) is 10.2. The lowest BCUT2D eigenvalue weighted by molar-refractivity contribution is 0.0164. The van der Waals surface area contributed by atoms with Gasteiger partial charge in [-0.25, -0.2) is 4.79 Å². The first kappa shape index (κ1) is 31.3. The first-order valence-corrected chi connectivity index (χ1v) is 16.5. The molecule has 0 saturated carbocycles. The summed E-state index contributed by atoms with van der Waals surface area (Å²) >= 11 is 0. The minimum absolute atomic E-state index is 0.272. The van der Waals surface area contributed by atoms with Crippen molar-refractivity contribution in [2.24, 2.45) is 5.73 Å². The lowest BCUT2D eigenvalue weighted by atomic mass is 9.84. The van der Waals surface area contributed by atoms with Crippen molar-refractivity contribution in [1.82, 2.24) is 10.2 Å². The van der Waals surface area contributed by atoms with E-state index in [9.17, 15) is 9.59 Å². The van der Waals surface area contributed by atoms with E-state index in [1.165, 1.54) is 11.1 Å². The van der Waals surface area contributed by atoms with Crippen molar-refractivity contribution in [2.75, 3.05) is 51.0 Å². The number of amides is 1. The molecule has 1 amide bonds. The summed E-state index contributed by atoms with van der Waals surface area (Å²) < 4.78 is 11.4. The molecule has 3 aliphatic heterocycles. The van der Waals surface area contributed by atoms with E-state index in [4.69, 9.17) is 15.2 Å². The van der Waals surface area contributed by atoms with E-state index in [2.05, 4.69) is 59.2 Å². The fourth-order valence-corrected chi connectivity index (χ4v) is 7.94. The monoisotopic (exact) mass is 610 g/mol. The number of rotatable bonds is 8. The third kappa shape index (κ3) is 6.12. The van der Waals surface area contributed by atoms with E-state index in [1.807, 2.05) is 19.9 Å². The summed E-state index contributed by atoms with van der Waals surface area (Å²) in [6.45, 7) is 13.9. The minimum atomic E-state index is -0.431. The van der Waals surface area contributed by atoms with Gasteiger partial charge in [-0.2, -0.15) is 0 Å². The number of dihydropyridines is 1. The van der Waals surface area contributed by atoms with Crippen molar-refractivity contribution in [2.45, 2.75) is 71.9 Å². The van der Waals surface area contributed by atoms with Crippen molar-refractivity contribution < 1.29 is 19.1 Å².